The van der Waals surface area contributed by atoms with Crippen LogP contribution >= 0.6 is 11.6 Å². The van der Waals surface area contributed by atoms with Crippen LogP contribution in [-0.4, -0.2) is 52.7 Å². The second kappa shape index (κ2) is 9.16. The van der Waals surface area contributed by atoms with Crippen LogP contribution in [0.2, 0.25) is 5.15 Å². The van der Waals surface area contributed by atoms with E-state index in [1.54, 1.807) is 25.4 Å². The molecule has 0 radical (unpaired) electrons. The van der Waals surface area contributed by atoms with Crippen LogP contribution in [0.25, 0.3) is 16.6 Å². The van der Waals surface area contributed by atoms with E-state index < -0.39 is 4.92 Å². The molecule has 3 heterocycles. The zero-order chi connectivity index (χ0) is 23.7. The lowest BCUT2D eigenvalue weighted by Gasteiger charge is -2.30. The van der Waals surface area contributed by atoms with Crippen molar-refractivity contribution in [3.63, 3.8) is 0 Å². The summed E-state index contributed by atoms with van der Waals surface area (Å²) in [5, 5.41) is 19.4. The number of rotatable bonds is 6. The highest BCUT2D eigenvalue weighted by Gasteiger charge is 2.22. The zero-order valence-electron chi connectivity index (χ0n) is 18.4. The molecular weight excluding hydrogens is 458 g/mol. The topological polar surface area (TPSA) is 110 Å². The lowest BCUT2D eigenvalue weighted by molar-refractivity contribution is -0.384. The maximum Gasteiger partial charge on any atom is 0.271 e. The Balaban J connectivity index is 1.74. The van der Waals surface area contributed by atoms with Crippen LogP contribution in [0, 0.1) is 10.1 Å². The van der Waals surface area contributed by atoms with Crippen LogP contribution in [-0.2, 0) is 0 Å². The minimum absolute atomic E-state index is 0.0245. The van der Waals surface area contributed by atoms with E-state index in [9.17, 15) is 10.1 Å². The van der Waals surface area contributed by atoms with Crippen molar-refractivity contribution in [2.24, 2.45) is 0 Å². The lowest BCUT2D eigenvalue weighted by Crippen LogP contribution is -2.43. The molecule has 1 saturated heterocycles. The molecule has 1 aliphatic rings. The van der Waals surface area contributed by atoms with Gasteiger partial charge < -0.3 is 24.8 Å². The van der Waals surface area contributed by atoms with Gasteiger partial charge in [0.1, 0.15) is 10.9 Å². The highest BCUT2D eigenvalue weighted by Crippen LogP contribution is 2.40. The van der Waals surface area contributed by atoms with Crippen LogP contribution in [0.3, 0.4) is 0 Å². The molecule has 5 rings (SSSR count). The fourth-order valence-corrected chi connectivity index (χ4v) is 4.37. The molecule has 0 aliphatic carbocycles. The molecule has 0 spiro atoms. The van der Waals surface area contributed by atoms with Crippen molar-refractivity contribution in [1.82, 2.24) is 19.9 Å². The highest BCUT2D eigenvalue weighted by molar-refractivity contribution is 6.29. The van der Waals surface area contributed by atoms with Crippen LogP contribution in [0.15, 0.2) is 54.9 Å². The fourth-order valence-electron chi connectivity index (χ4n) is 4.23. The number of nitrogens with one attached hydrogen (secondary N) is 2. The van der Waals surface area contributed by atoms with E-state index in [2.05, 4.69) is 31.6 Å². The van der Waals surface area contributed by atoms with Gasteiger partial charge in [0.05, 0.1) is 28.9 Å². The monoisotopic (exact) mass is 479 g/mol. The first-order chi connectivity index (χ1) is 16.5. The molecule has 0 atom stereocenters. The molecular formula is C23H22ClN7O3. The van der Waals surface area contributed by atoms with Gasteiger partial charge in [-0.15, -0.1) is 0 Å². The van der Waals surface area contributed by atoms with E-state index in [0.29, 0.717) is 22.5 Å². The SMILES string of the molecule is COc1ccc([N+](=O)[O-])cc1-n1cc(Nc2nccc(Cl)n2)c2c(N3CCNCC3)cccc21. The number of hydrogen-bond donors (Lipinski definition) is 2. The van der Waals surface area contributed by atoms with Gasteiger partial charge in [-0.05, 0) is 24.3 Å². The first-order valence-electron chi connectivity index (χ1n) is 10.7. The van der Waals surface area contributed by atoms with Crippen molar-refractivity contribution in [2.45, 2.75) is 0 Å². The molecule has 2 N–H and O–H groups in total. The zero-order valence-corrected chi connectivity index (χ0v) is 19.1. The van der Waals surface area contributed by atoms with Gasteiger partial charge in [0.2, 0.25) is 5.95 Å². The van der Waals surface area contributed by atoms with E-state index in [0.717, 1.165) is 48.5 Å². The predicted molar refractivity (Wildman–Crippen MR) is 132 cm³/mol. The number of piperazine rings is 1. The Bertz CT molecular complexity index is 1370. The molecule has 11 heteroatoms. The summed E-state index contributed by atoms with van der Waals surface area (Å²) < 4.78 is 7.44. The van der Waals surface area contributed by atoms with Gasteiger partial charge in [-0.1, -0.05) is 17.7 Å². The second-order valence-electron chi connectivity index (χ2n) is 7.76. The number of anilines is 3. The fraction of sp³-hybridized carbons (Fsp3) is 0.217. The van der Waals surface area contributed by atoms with Crippen molar-refractivity contribution >= 4 is 45.5 Å². The molecule has 0 unspecified atom stereocenters. The molecule has 2 aromatic carbocycles. The summed E-state index contributed by atoms with van der Waals surface area (Å²) in [5.74, 6) is 0.869. The molecule has 34 heavy (non-hydrogen) atoms. The molecule has 0 saturated carbocycles. The van der Waals surface area contributed by atoms with Gasteiger partial charge in [-0.2, -0.15) is 0 Å². The number of benzene rings is 2. The number of fused-ring (bicyclic) bond motifs is 1. The lowest BCUT2D eigenvalue weighted by atomic mass is 10.1. The van der Waals surface area contributed by atoms with E-state index in [4.69, 9.17) is 16.3 Å². The van der Waals surface area contributed by atoms with Crippen molar-refractivity contribution in [3.05, 3.63) is 70.1 Å². The average molecular weight is 480 g/mol. The number of nitro groups is 1. The highest BCUT2D eigenvalue weighted by atomic mass is 35.5. The first-order valence-corrected chi connectivity index (χ1v) is 11.1. The smallest absolute Gasteiger partial charge is 0.271 e. The van der Waals surface area contributed by atoms with Crippen molar-refractivity contribution in [3.8, 4) is 11.4 Å². The predicted octanol–water partition coefficient (Wildman–Crippen LogP) is 4.14. The number of hydrogen-bond acceptors (Lipinski definition) is 8. The standard InChI is InChI=1S/C23H22ClN7O3/c1-34-20-6-5-15(31(32)33)13-19(20)30-14-16(27-23-26-8-7-21(24)28-23)22-17(3-2-4-18(22)30)29-11-9-25-10-12-29/h2-8,13-14,25H,9-12H2,1H3,(H,26,27,28). The van der Waals surface area contributed by atoms with Gasteiger partial charge in [-0.3, -0.25) is 10.1 Å². The molecule has 10 nitrogen and oxygen atoms in total. The minimum atomic E-state index is -0.417. The van der Waals surface area contributed by atoms with Crippen molar-refractivity contribution < 1.29 is 9.66 Å². The van der Waals surface area contributed by atoms with E-state index in [-0.39, 0.29) is 5.69 Å². The third-order valence-corrected chi connectivity index (χ3v) is 5.98. The van der Waals surface area contributed by atoms with Crippen LogP contribution in [0.5, 0.6) is 5.75 Å². The third-order valence-electron chi connectivity index (χ3n) is 5.77. The molecule has 1 aliphatic heterocycles. The number of methoxy groups -OCH3 is 1. The molecule has 174 valence electrons. The number of aromatic nitrogens is 3. The summed E-state index contributed by atoms with van der Waals surface area (Å²) in [6.45, 7) is 3.49. The van der Waals surface area contributed by atoms with Gasteiger partial charge in [0.15, 0.2) is 0 Å². The third kappa shape index (κ3) is 4.09. The summed E-state index contributed by atoms with van der Waals surface area (Å²) in [5.41, 5.74) is 3.19. The summed E-state index contributed by atoms with van der Waals surface area (Å²) in [7, 11) is 1.54. The number of halogens is 1. The van der Waals surface area contributed by atoms with E-state index in [1.807, 2.05) is 22.9 Å². The summed E-state index contributed by atoms with van der Waals surface area (Å²) in [4.78, 5) is 21.9. The van der Waals surface area contributed by atoms with Crippen LogP contribution in [0.4, 0.5) is 23.0 Å². The van der Waals surface area contributed by atoms with Crippen molar-refractivity contribution in [1.29, 1.82) is 0 Å². The summed E-state index contributed by atoms with van der Waals surface area (Å²) >= 11 is 6.08. The van der Waals surface area contributed by atoms with Crippen molar-refractivity contribution in [2.75, 3.05) is 43.5 Å². The Kier molecular flexibility index (Phi) is 5.91. The molecule has 4 aromatic rings. The van der Waals surface area contributed by atoms with Gasteiger partial charge in [-0.25, -0.2) is 9.97 Å². The second-order valence-corrected chi connectivity index (χ2v) is 8.15. The Morgan fingerprint density at radius 3 is 2.74 bits per heavy atom. The van der Waals surface area contributed by atoms with E-state index >= 15 is 0 Å². The van der Waals surface area contributed by atoms with Crippen LogP contribution < -0.4 is 20.3 Å². The molecule has 2 aromatic heterocycles. The number of non-ortho nitro benzene ring substituents is 1. The van der Waals surface area contributed by atoms with Gasteiger partial charge in [0, 0.05) is 61.8 Å². The Hall–Kier alpha value is -3.89. The summed E-state index contributed by atoms with van der Waals surface area (Å²) in [6.07, 6.45) is 3.46. The molecule has 0 bridgehead atoms. The Morgan fingerprint density at radius 2 is 2.00 bits per heavy atom. The quantitative estimate of drug-likeness (QED) is 0.241. The number of ether oxygens (including phenoxy) is 1. The van der Waals surface area contributed by atoms with Crippen LogP contribution in [0.1, 0.15) is 0 Å². The Morgan fingerprint density at radius 1 is 1.18 bits per heavy atom. The first kappa shape index (κ1) is 21.9. The summed E-state index contributed by atoms with van der Waals surface area (Å²) in [6, 6.07) is 12.2. The van der Waals surface area contributed by atoms with E-state index in [1.165, 1.54) is 12.1 Å². The molecule has 0 amide bonds. The number of nitrogens with zero attached hydrogens (tertiary/aromatic N) is 5. The van der Waals surface area contributed by atoms with Gasteiger partial charge in [0.25, 0.3) is 5.69 Å². The average Bonchev–Trinajstić information content (AvgIpc) is 3.22. The maximum absolute atomic E-state index is 11.5. The molecule has 1 fully saturated rings. The number of nitro benzene ring substituents is 1. The maximum atomic E-state index is 11.5. The Labute approximate surface area is 200 Å². The minimum Gasteiger partial charge on any atom is -0.495 e. The normalized spacial score (nSPS) is 13.8. The van der Waals surface area contributed by atoms with Gasteiger partial charge >= 0.3 is 0 Å². The largest absolute Gasteiger partial charge is 0.495 e.